The van der Waals surface area contributed by atoms with E-state index in [1.165, 1.54) is 18.2 Å². The highest BCUT2D eigenvalue weighted by molar-refractivity contribution is 6.22. The number of Topliss-reactive ketones (excluding diaryl/α,β-unsaturated/α-hetero) is 1. The van der Waals surface area contributed by atoms with Crippen LogP contribution in [0.15, 0.2) is 41.4 Å². The summed E-state index contributed by atoms with van der Waals surface area (Å²) in [5.74, 6) is -1.71. The molecule has 0 unspecified atom stereocenters. The number of nitrogens with zero attached hydrogens (tertiary/aromatic N) is 1. The van der Waals surface area contributed by atoms with E-state index in [0.717, 1.165) is 0 Å². The molecule has 1 aliphatic rings. The maximum absolute atomic E-state index is 13.7. The molecule has 1 aliphatic heterocycles. The van der Waals surface area contributed by atoms with Crippen molar-refractivity contribution in [2.75, 3.05) is 0 Å². The third-order valence-corrected chi connectivity index (χ3v) is 3.18. The van der Waals surface area contributed by atoms with Crippen LogP contribution < -0.4 is 0 Å². The minimum atomic E-state index is -0.483. The second-order valence-electron chi connectivity index (χ2n) is 4.47. The Morgan fingerprint density at radius 2 is 1.85 bits per heavy atom. The van der Waals surface area contributed by atoms with Gasteiger partial charge in [0.1, 0.15) is 5.82 Å². The molecule has 3 rings (SSSR count). The zero-order valence-corrected chi connectivity index (χ0v) is 10.3. The smallest absolute Gasteiger partial charge is 0.174 e. The lowest BCUT2D eigenvalue weighted by Crippen LogP contribution is -2.15. The minimum absolute atomic E-state index is 0.0231. The summed E-state index contributed by atoms with van der Waals surface area (Å²) in [7, 11) is 0. The summed E-state index contributed by atoms with van der Waals surface area (Å²) < 4.78 is 13.7. The van der Waals surface area contributed by atoms with Crippen LogP contribution in [-0.2, 0) is 0 Å². The van der Waals surface area contributed by atoms with Gasteiger partial charge in [0.2, 0.25) is 0 Å². The zero-order valence-electron chi connectivity index (χ0n) is 10.3. The Labute approximate surface area is 113 Å². The van der Waals surface area contributed by atoms with Crippen molar-refractivity contribution in [2.45, 2.75) is 6.42 Å². The van der Waals surface area contributed by atoms with Crippen molar-refractivity contribution in [1.82, 2.24) is 0 Å². The average molecular weight is 271 g/mol. The Bertz CT molecular complexity index is 753. The molecule has 0 spiro atoms. The molecule has 2 N–H and O–H groups in total. The van der Waals surface area contributed by atoms with Crippen molar-refractivity contribution >= 4 is 17.2 Å². The molecule has 0 saturated heterocycles. The van der Waals surface area contributed by atoms with Crippen LogP contribution in [0.2, 0.25) is 0 Å². The highest BCUT2D eigenvalue weighted by atomic mass is 19.1. The van der Waals surface area contributed by atoms with Crippen LogP contribution in [0.5, 0.6) is 11.5 Å². The van der Waals surface area contributed by atoms with E-state index in [1.807, 2.05) is 0 Å². The number of aromatic hydroxyl groups is 2. The molecule has 0 amide bonds. The Kier molecular flexibility index (Phi) is 2.75. The number of hydrogen-bond acceptors (Lipinski definition) is 4. The Morgan fingerprint density at radius 3 is 2.60 bits per heavy atom. The summed E-state index contributed by atoms with van der Waals surface area (Å²) in [5.41, 5.74) is 0.782. The van der Waals surface area contributed by atoms with Crippen molar-refractivity contribution in [3.8, 4) is 11.5 Å². The van der Waals surface area contributed by atoms with Gasteiger partial charge in [-0.05, 0) is 18.2 Å². The van der Waals surface area contributed by atoms with Gasteiger partial charge in [-0.25, -0.2) is 4.39 Å². The molecule has 2 aromatic carbocycles. The molecule has 5 heteroatoms. The van der Waals surface area contributed by atoms with E-state index in [9.17, 15) is 19.4 Å². The summed E-state index contributed by atoms with van der Waals surface area (Å²) in [6.45, 7) is 0. The largest absolute Gasteiger partial charge is 0.504 e. The van der Waals surface area contributed by atoms with Gasteiger partial charge in [-0.15, -0.1) is 0 Å². The molecule has 2 aromatic rings. The second kappa shape index (κ2) is 4.45. The van der Waals surface area contributed by atoms with Gasteiger partial charge in [0.15, 0.2) is 17.3 Å². The Hall–Kier alpha value is -2.69. The van der Waals surface area contributed by atoms with Crippen LogP contribution in [-0.4, -0.2) is 21.7 Å². The summed E-state index contributed by atoms with van der Waals surface area (Å²) in [6.07, 6.45) is -0.120. The Balaban J connectivity index is 2.18. The molecule has 20 heavy (non-hydrogen) atoms. The number of benzene rings is 2. The quantitative estimate of drug-likeness (QED) is 0.783. The van der Waals surface area contributed by atoms with Gasteiger partial charge in [-0.3, -0.25) is 9.79 Å². The lowest BCUT2D eigenvalue weighted by atomic mass is 9.95. The first-order valence-electron chi connectivity index (χ1n) is 5.98. The molecule has 0 radical (unpaired) electrons. The maximum atomic E-state index is 13.7. The predicted octanol–water partition coefficient (Wildman–Crippen LogP) is 2.94. The van der Waals surface area contributed by atoms with Gasteiger partial charge in [-0.2, -0.15) is 0 Å². The number of fused-ring (bicyclic) bond motifs is 1. The molecule has 0 fully saturated rings. The first-order chi connectivity index (χ1) is 9.58. The molecule has 0 aliphatic carbocycles. The zero-order chi connectivity index (χ0) is 14.3. The fraction of sp³-hybridized carbons (Fsp3) is 0.0667. The topological polar surface area (TPSA) is 69.9 Å². The van der Waals surface area contributed by atoms with Crippen molar-refractivity contribution in [3.05, 3.63) is 53.3 Å². The number of rotatable bonds is 1. The highest BCUT2D eigenvalue weighted by Gasteiger charge is 2.26. The highest BCUT2D eigenvalue weighted by Crippen LogP contribution is 2.39. The van der Waals surface area contributed by atoms with Gasteiger partial charge in [0.05, 0.1) is 23.4 Å². The number of carbonyl (C=O) groups excluding carboxylic acids is 1. The van der Waals surface area contributed by atoms with Gasteiger partial charge >= 0.3 is 0 Å². The second-order valence-corrected chi connectivity index (χ2v) is 4.47. The van der Waals surface area contributed by atoms with Crippen LogP contribution in [0.1, 0.15) is 22.3 Å². The van der Waals surface area contributed by atoms with E-state index in [-0.39, 0.29) is 29.0 Å². The number of phenolic OH excluding ortho intramolecular Hbond substituents is 2. The molecule has 0 aromatic heterocycles. The van der Waals surface area contributed by atoms with Crippen LogP contribution >= 0.6 is 0 Å². The molecule has 0 atom stereocenters. The fourth-order valence-corrected chi connectivity index (χ4v) is 2.21. The molecule has 100 valence electrons. The molecule has 1 heterocycles. The predicted molar refractivity (Wildman–Crippen MR) is 71.3 cm³/mol. The van der Waals surface area contributed by atoms with Crippen molar-refractivity contribution < 1.29 is 19.4 Å². The van der Waals surface area contributed by atoms with Crippen LogP contribution in [0.4, 0.5) is 10.1 Å². The van der Waals surface area contributed by atoms with E-state index in [1.54, 1.807) is 18.2 Å². The first-order valence-corrected chi connectivity index (χ1v) is 5.98. The molecular formula is C15H10FNO3. The summed E-state index contributed by atoms with van der Waals surface area (Å²) in [6, 6.07) is 8.73. The lowest BCUT2D eigenvalue weighted by molar-refractivity contribution is 0.0996. The lowest BCUT2D eigenvalue weighted by Gasteiger charge is -2.16. The van der Waals surface area contributed by atoms with Gasteiger partial charge in [0, 0.05) is 5.56 Å². The SMILES string of the molecule is O=C1CC(c2ccccc2F)=Nc2ccc(O)c(O)c21. The molecule has 0 saturated carbocycles. The summed E-state index contributed by atoms with van der Waals surface area (Å²) in [4.78, 5) is 16.3. The minimum Gasteiger partial charge on any atom is -0.504 e. The van der Waals surface area contributed by atoms with E-state index in [4.69, 9.17) is 0 Å². The van der Waals surface area contributed by atoms with Crippen molar-refractivity contribution in [2.24, 2.45) is 4.99 Å². The van der Waals surface area contributed by atoms with Crippen LogP contribution in [0, 0.1) is 5.82 Å². The monoisotopic (exact) mass is 271 g/mol. The number of ketones is 1. The van der Waals surface area contributed by atoms with Gasteiger partial charge in [0.25, 0.3) is 0 Å². The number of hydrogen-bond donors (Lipinski definition) is 2. The van der Waals surface area contributed by atoms with Crippen LogP contribution in [0.25, 0.3) is 0 Å². The first kappa shape index (κ1) is 12.3. The van der Waals surface area contributed by atoms with Crippen molar-refractivity contribution in [3.63, 3.8) is 0 Å². The maximum Gasteiger partial charge on any atom is 0.174 e. The van der Waals surface area contributed by atoms with E-state index in [2.05, 4.69) is 4.99 Å². The molecule has 4 nitrogen and oxygen atoms in total. The van der Waals surface area contributed by atoms with Crippen LogP contribution in [0.3, 0.4) is 0 Å². The third kappa shape index (κ3) is 1.84. The number of carbonyl (C=O) groups is 1. The van der Waals surface area contributed by atoms with Crippen molar-refractivity contribution in [1.29, 1.82) is 0 Å². The van der Waals surface area contributed by atoms with E-state index < -0.39 is 17.3 Å². The number of aliphatic imine (C=N–C) groups is 1. The number of halogens is 1. The summed E-state index contributed by atoms with van der Waals surface area (Å²) in [5, 5.41) is 19.1. The van der Waals surface area contributed by atoms with Gasteiger partial charge in [-0.1, -0.05) is 18.2 Å². The normalized spacial score (nSPS) is 13.8. The summed E-state index contributed by atoms with van der Waals surface area (Å²) >= 11 is 0. The van der Waals surface area contributed by atoms with Gasteiger partial charge < -0.3 is 10.2 Å². The number of phenols is 2. The molecular weight excluding hydrogens is 261 g/mol. The average Bonchev–Trinajstić information content (AvgIpc) is 2.43. The van der Waals surface area contributed by atoms with E-state index in [0.29, 0.717) is 5.71 Å². The fourth-order valence-electron chi connectivity index (χ4n) is 2.21. The molecule has 0 bridgehead atoms. The standard InChI is InChI=1S/C15H10FNO3/c16-9-4-2-1-3-8(9)11-7-13(19)14-10(17-11)5-6-12(18)15(14)20/h1-6,18,20H,7H2. The van der Waals surface area contributed by atoms with E-state index >= 15 is 0 Å². The third-order valence-electron chi connectivity index (χ3n) is 3.18. The Morgan fingerprint density at radius 1 is 1.10 bits per heavy atom.